The molecule has 0 saturated heterocycles. The molecule has 1 aromatic carbocycles. The molecular formula is C15H16N2O2. The molecule has 98 valence electrons. The van der Waals surface area contributed by atoms with E-state index in [4.69, 9.17) is 5.11 Å². The minimum Gasteiger partial charge on any atom is -0.480 e. The van der Waals surface area contributed by atoms with E-state index in [1.54, 1.807) is 4.90 Å². The van der Waals surface area contributed by atoms with E-state index in [9.17, 15) is 4.79 Å². The van der Waals surface area contributed by atoms with Crippen LogP contribution in [0.25, 0.3) is 0 Å². The van der Waals surface area contributed by atoms with Crippen molar-refractivity contribution in [2.75, 3.05) is 11.4 Å². The van der Waals surface area contributed by atoms with Gasteiger partial charge in [-0.05, 0) is 31.2 Å². The molecule has 0 amide bonds. The number of hydrogen-bond donors (Lipinski definition) is 1. The molecule has 0 fully saturated rings. The molecular weight excluding hydrogens is 240 g/mol. The summed E-state index contributed by atoms with van der Waals surface area (Å²) < 4.78 is 0. The zero-order chi connectivity index (χ0) is 13.7. The lowest BCUT2D eigenvalue weighted by Crippen LogP contribution is -2.29. The summed E-state index contributed by atoms with van der Waals surface area (Å²) in [6.07, 6.45) is 0. The van der Waals surface area contributed by atoms with Gasteiger partial charge in [-0.3, -0.25) is 9.78 Å². The number of pyridine rings is 1. The van der Waals surface area contributed by atoms with Crippen molar-refractivity contribution < 1.29 is 9.90 Å². The molecule has 19 heavy (non-hydrogen) atoms. The lowest BCUT2D eigenvalue weighted by molar-refractivity contribution is -0.135. The van der Waals surface area contributed by atoms with E-state index in [1.807, 2.05) is 55.5 Å². The number of hydrogen-bond acceptors (Lipinski definition) is 3. The molecule has 0 aliphatic carbocycles. The normalized spacial score (nSPS) is 10.2. The summed E-state index contributed by atoms with van der Waals surface area (Å²) in [5.41, 5.74) is 2.68. The van der Waals surface area contributed by atoms with Crippen molar-refractivity contribution in [1.29, 1.82) is 0 Å². The lowest BCUT2D eigenvalue weighted by Gasteiger charge is -2.22. The van der Waals surface area contributed by atoms with Gasteiger partial charge in [0.15, 0.2) is 0 Å². The van der Waals surface area contributed by atoms with E-state index in [0.29, 0.717) is 6.54 Å². The third kappa shape index (κ3) is 3.81. The summed E-state index contributed by atoms with van der Waals surface area (Å²) in [7, 11) is 0. The quantitative estimate of drug-likeness (QED) is 0.893. The van der Waals surface area contributed by atoms with Crippen molar-refractivity contribution >= 4 is 11.7 Å². The van der Waals surface area contributed by atoms with E-state index in [1.165, 1.54) is 0 Å². The number of anilines is 1. The maximum atomic E-state index is 11.0. The molecule has 0 atom stereocenters. The van der Waals surface area contributed by atoms with Crippen molar-refractivity contribution in [3.63, 3.8) is 0 Å². The number of rotatable bonds is 5. The summed E-state index contributed by atoms with van der Waals surface area (Å²) in [5, 5.41) is 9.02. The summed E-state index contributed by atoms with van der Waals surface area (Å²) in [5.74, 6) is -0.850. The van der Waals surface area contributed by atoms with Gasteiger partial charge < -0.3 is 10.0 Å². The van der Waals surface area contributed by atoms with E-state index < -0.39 is 5.97 Å². The van der Waals surface area contributed by atoms with Gasteiger partial charge in [0.1, 0.15) is 6.54 Å². The molecule has 1 aromatic heterocycles. The standard InChI is InChI=1S/C15H16N2O2/c1-12-6-5-7-13(16-12)10-17(11-15(18)19)14-8-3-2-4-9-14/h2-9H,10-11H2,1H3,(H,18,19). The first kappa shape index (κ1) is 13.1. The van der Waals surface area contributed by atoms with E-state index in [0.717, 1.165) is 17.1 Å². The van der Waals surface area contributed by atoms with Crippen LogP contribution in [0.5, 0.6) is 0 Å². The van der Waals surface area contributed by atoms with Gasteiger partial charge in [0.25, 0.3) is 0 Å². The number of carboxylic acid groups (broad SMARTS) is 1. The maximum Gasteiger partial charge on any atom is 0.323 e. The summed E-state index contributed by atoms with van der Waals surface area (Å²) in [4.78, 5) is 17.2. The predicted octanol–water partition coefficient (Wildman–Crippen LogP) is 2.48. The lowest BCUT2D eigenvalue weighted by atomic mass is 10.2. The van der Waals surface area contributed by atoms with Crippen LogP contribution in [0.1, 0.15) is 11.4 Å². The van der Waals surface area contributed by atoms with Crippen LogP contribution in [-0.4, -0.2) is 22.6 Å². The number of carboxylic acids is 1. The monoisotopic (exact) mass is 256 g/mol. The first-order valence-corrected chi connectivity index (χ1v) is 6.09. The van der Waals surface area contributed by atoms with Gasteiger partial charge >= 0.3 is 5.97 Å². The van der Waals surface area contributed by atoms with Gasteiger partial charge in [0.05, 0.1) is 12.2 Å². The minimum atomic E-state index is -0.850. The van der Waals surface area contributed by atoms with Gasteiger partial charge in [-0.1, -0.05) is 24.3 Å². The second kappa shape index (κ2) is 6.00. The summed E-state index contributed by atoms with van der Waals surface area (Å²) in [6, 6.07) is 15.3. The zero-order valence-corrected chi connectivity index (χ0v) is 10.8. The zero-order valence-electron chi connectivity index (χ0n) is 10.8. The highest BCUT2D eigenvalue weighted by Gasteiger charge is 2.11. The van der Waals surface area contributed by atoms with E-state index in [2.05, 4.69) is 4.98 Å². The molecule has 0 aliphatic heterocycles. The predicted molar refractivity (Wildman–Crippen MR) is 74.1 cm³/mol. The topological polar surface area (TPSA) is 53.4 Å². The van der Waals surface area contributed by atoms with Crippen LogP contribution < -0.4 is 4.90 Å². The Morgan fingerprint density at radius 3 is 2.53 bits per heavy atom. The van der Waals surface area contributed by atoms with Crippen molar-refractivity contribution in [1.82, 2.24) is 4.98 Å². The number of aryl methyl sites for hydroxylation is 1. The van der Waals surface area contributed by atoms with Crippen LogP contribution in [0.15, 0.2) is 48.5 Å². The Kier molecular flexibility index (Phi) is 4.13. The Morgan fingerprint density at radius 1 is 1.16 bits per heavy atom. The highest BCUT2D eigenvalue weighted by atomic mass is 16.4. The Bertz CT molecular complexity index is 555. The fourth-order valence-electron chi connectivity index (χ4n) is 1.92. The van der Waals surface area contributed by atoms with Crippen molar-refractivity contribution in [3.05, 3.63) is 59.9 Å². The Morgan fingerprint density at radius 2 is 1.89 bits per heavy atom. The first-order valence-electron chi connectivity index (χ1n) is 6.09. The van der Waals surface area contributed by atoms with Crippen molar-refractivity contribution in [2.45, 2.75) is 13.5 Å². The molecule has 0 bridgehead atoms. The number of aliphatic carboxylic acids is 1. The molecule has 4 nitrogen and oxygen atoms in total. The fourth-order valence-corrected chi connectivity index (χ4v) is 1.92. The Hall–Kier alpha value is -2.36. The molecule has 0 aliphatic rings. The van der Waals surface area contributed by atoms with Gasteiger partial charge in [-0.25, -0.2) is 0 Å². The van der Waals surface area contributed by atoms with Gasteiger partial charge in [-0.15, -0.1) is 0 Å². The largest absolute Gasteiger partial charge is 0.480 e. The summed E-state index contributed by atoms with van der Waals surface area (Å²) in [6.45, 7) is 2.37. The molecule has 2 aromatic rings. The molecule has 0 radical (unpaired) electrons. The number of nitrogens with zero attached hydrogens (tertiary/aromatic N) is 2. The van der Waals surface area contributed by atoms with Crippen LogP contribution in [0.3, 0.4) is 0 Å². The average molecular weight is 256 g/mol. The smallest absolute Gasteiger partial charge is 0.323 e. The molecule has 0 unspecified atom stereocenters. The van der Waals surface area contributed by atoms with Crippen LogP contribution in [0.4, 0.5) is 5.69 Å². The van der Waals surface area contributed by atoms with Crippen LogP contribution in [0, 0.1) is 6.92 Å². The Labute approximate surface area is 112 Å². The summed E-state index contributed by atoms with van der Waals surface area (Å²) >= 11 is 0. The van der Waals surface area contributed by atoms with Gasteiger partial charge in [-0.2, -0.15) is 0 Å². The molecule has 0 saturated carbocycles. The van der Waals surface area contributed by atoms with Gasteiger partial charge in [0, 0.05) is 11.4 Å². The first-order chi connectivity index (χ1) is 9.15. The minimum absolute atomic E-state index is 0.0420. The molecule has 2 rings (SSSR count). The van der Waals surface area contributed by atoms with E-state index in [-0.39, 0.29) is 6.54 Å². The second-order valence-corrected chi connectivity index (χ2v) is 4.36. The number of carbonyl (C=O) groups is 1. The van der Waals surface area contributed by atoms with Gasteiger partial charge in [0.2, 0.25) is 0 Å². The number of para-hydroxylation sites is 1. The van der Waals surface area contributed by atoms with Crippen LogP contribution in [-0.2, 0) is 11.3 Å². The van der Waals surface area contributed by atoms with E-state index >= 15 is 0 Å². The highest BCUT2D eigenvalue weighted by Crippen LogP contribution is 2.15. The SMILES string of the molecule is Cc1cccc(CN(CC(=O)O)c2ccccc2)n1. The molecule has 1 N–H and O–H groups in total. The highest BCUT2D eigenvalue weighted by molar-refractivity contribution is 5.73. The average Bonchev–Trinajstić information content (AvgIpc) is 2.38. The third-order valence-corrected chi connectivity index (χ3v) is 2.75. The molecule has 4 heteroatoms. The molecule has 0 spiro atoms. The number of aromatic nitrogens is 1. The maximum absolute atomic E-state index is 11.0. The van der Waals surface area contributed by atoms with Crippen molar-refractivity contribution in [2.24, 2.45) is 0 Å². The molecule has 1 heterocycles. The number of benzene rings is 1. The van der Waals surface area contributed by atoms with Crippen molar-refractivity contribution in [3.8, 4) is 0 Å². The van der Waals surface area contributed by atoms with Crippen LogP contribution in [0.2, 0.25) is 0 Å². The fraction of sp³-hybridized carbons (Fsp3) is 0.200. The Balaban J connectivity index is 2.21. The second-order valence-electron chi connectivity index (χ2n) is 4.36. The van der Waals surface area contributed by atoms with Crippen LogP contribution >= 0.6 is 0 Å². The third-order valence-electron chi connectivity index (χ3n) is 2.75.